The zero-order chi connectivity index (χ0) is 98.5. The van der Waals surface area contributed by atoms with Crippen LogP contribution in [0.15, 0.2) is 508 Å². The topological polar surface area (TPSA) is 105 Å². The Morgan fingerprint density at radius 1 is 0.153 bits per heavy atom. The zero-order valence-electron chi connectivity index (χ0n) is 80.7. The van der Waals surface area contributed by atoms with E-state index < -0.39 is 0 Å². The Morgan fingerprint density at radius 3 is 0.893 bits per heavy atom. The first-order valence-corrected chi connectivity index (χ1v) is 52.3. The van der Waals surface area contributed by atoms with Gasteiger partial charge in [0.2, 0.25) is 5.95 Å². The molecule has 12 heteroatoms. The highest BCUT2D eigenvalue weighted by Gasteiger charge is 2.26. The molecule has 8 aromatic heterocycles. The van der Waals surface area contributed by atoms with Gasteiger partial charge in [0, 0.05) is 123 Å². The second-order valence-corrected chi connectivity index (χ2v) is 40.8. The first-order chi connectivity index (χ1) is 74.3. The van der Waals surface area contributed by atoms with Crippen molar-refractivity contribution in [2.24, 2.45) is 0 Å². The summed E-state index contributed by atoms with van der Waals surface area (Å²) in [5.74, 6) is 3.78. The molecule has 0 saturated heterocycles. The highest BCUT2D eigenvalue weighted by Crippen LogP contribution is 2.49. The maximum Gasteiger partial charge on any atom is 0.238 e. The lowest BCUT2D eigenvalue weighted by Gasteiger charge is -2.13. The monoisotopic (exact) mass is 1950 g/mol. The maximum absolute atomic E-state index is 6.32. The van der Waals surface area contributed by atoms with Crippen LogP contribution in [0.25, 0.3) is 300 Å². The number of fused-ring (bicyclic) bond motifs is 27. The number of para-hydroxylation sites is 5. The summed E-state index contributed by atoms with van der Waals surface area (Å²) in [7, 11) is 0. The minimum absolute atomic E-state index is 0.592. The normalized spacial score (nSPS) is 11.9. The standard InChI is InChI=1S/C53H32N4O.C47H28N4S.C38H23NS/c1-3-14-33(15-4-1)51-54-52(34-16-5-2-6-17-34)56-53(55-51)36-18-13-19-38(28-36)57-47-24-11-9-22-41(47)45-29-35(26-27-48(45)57)43-30-37-31-46-42-23-10-12-25-49(42)58-50(46)32-44(37)40-21-8-7-20-39(40)43;1-3-13-29(14-4-1)45-48-46(30-15-5-2-6-16-30)50-47(49-45)51-41-21-11-9-19-35(41)39-25-31(23-24-42(39)51)37-26-32-27-40-36-20-10-12-22-43(36)52-44(40)28-38(32)34-18-8-7-17-33(34)37;1-2-10-26(11-3-1)39-35-16-8-6-14-29(35)33-20-24(18-19-36(33)39)31-21-25-22-34-30-15-7-9-17-37(30)40-38(34)23-32(25)28-13-5-4-12-27(28)31/h1-32H;1-28H;1-23H. The molecule has 150 heavy (non-hydrogen) atoms. The molecular formula is C138H83N9OS2. The van der Waals surface area contributed by atoms with Crippen molar-refractivity contribution in [2.45, 2.75) is 0 Å². The minimum Gasteiger partial charge on any atom is -0.456 e. The molecule has 0 unspecified atom stereocenters. The lowest BCUT2D eigenvalue weighted by Crippen LogP contribution is -2.06. The predicted octanol–water partition coefficient (Wildman–Crippen LogP) is 37.6. The van der Waals surface area contributed by atoms with Gasteiger partial charge < -0.3 is 13.6 Å². The van der Waals surface area contributed by atoms with Gasteiger partial charge in [0.1, 0.15) is 11.2 Å². The third-order valence-corrected chi connectivity index (χ3v) is 32.3. The fourth-order valence-corrected chi connectivity index (χ4v) is 25.3. The summed E-state index contributed by atoms with van der Waals surface area (Å²) in [6.45, 7) is 0. The van der Waals surface area contributed by atoms with E-state index in [1.165, 1.54) is 177 Å². The zero-order valence-corrected chi connectivity index (χ0v) is 82.3. The second-order valence-electron chi connectivity index (χ2n) is 38.6. The highest BCUT2D eigenvalue weighted by molar-refractivity contribution is 7.26. The summed E-state index contributed by atoms with van der Waals surface area (Å²) >= 11 is 3.76. The van der Waals surface area contributed by atoms with Crippen LogP contribution in [0.1, 0.15) is 0 Å². The van der Waals surface area contributed by atoms with Crippen LogP contribution in [0.4, 0.5) is 0 Å². The average molecular weight is 1950 g/mol. The molecule has 0 N–H and O–H groups in total. The van der Waals surface area contributed by atoms with E-state index in [1.54, 1.807) is 0 Å². The minimum atomic E-state index is 0.592. The number of hydrogen-bond donors (Lipinski definition) is 0. The molecule has 0 spiro atoms. The summed E-state index contributed by atoms with van der Waals surface area (Å²) in [5.41, 5.74) is 22.9. The molecule has 0 aliphatic carbocycles. The summed E-state index contributed by atoms with van der Waals surface area (Å²) in [4.78, 5) is 30.1. The second kappa shape index (κ2) is 35.2. The summed E-state index contributed by atoms with van der Waals surface area (Å²) in [5, 5.41) is 29.9. The Morgan fingerprint density at radius 2 is 0.460 bits per heavy atom. The smallest absolute Gasteiger partial charge is 0.238 e. The van der Waals surface area contributed by atoms with Crippen molar-refractivity contribution < 1.29 is 4.42 Å². The van der Waals surface area contributed by atoms with Gasteiger partial charge >= 0.3 is 0 Å². The molecule has 698 valence electrons. The molecule has 0 fully saturated rings. The van der Waals surface area contributed by atoms with Crippen LogP contribution < -0.4 is 0 Å². The van der Waals surface area contributed by atoms with E-state index in [4.69, 9.17) is 34.3 Å². The third-order valence-electron chi connectivity index (χ3n) is 30.0. The summed E-state index contributed by atoms with van der Waals surface area (Å²) in [6, 6.07) is 180. The fraction of sp³-hybridized carbons (Fsp3) is 0. The molecule has 0 atom stereocenters. The Hall–Kier alpha value is -19.5. The van der Waals surface area contributed by atoms with Crippen LogP contribution in [0.2, 0.25) is 0 Å². The number of hydrogen-bond acceptors (Lipinski definition) is 9. The van der Waals surface area contributed by atoms with E-state index in [9.17, 15) is 0 Å². The molecule has 32 aromatic rings. The van der Waals surface area contributed by atoms with Crippen LogP contribution in [0.5, 0.6) is 0 Å². The number of aromatic nitrogens is 9. The Labute approximate surface area is 867 Å². The van der Waals surface area contributed by atoms with Gasteiger partial charge in [-0.3, -0.25) is 4.57 Å². The molecule has 0 radical (unpaired) electrons. The molecular weight excluding hydrogens is 1860 g/mol. The summed E-state index contributed by atoms with van der Waals surface area (Å²) in [6.07, 6.45) is 0. The van der Waals surface area contributed by atoms with Crippen molar-refractivity contribution >= 4 is 215 Å². The van der Waals surface area contributed by atoms with Crippen molar-refractivity contribution in [3.8, 4) is 108 Å². The van der Waals surface area contributed by atoms with E-state index in [0.717, 1.165) is 88.3 Å². The van der Waals surface area contributed by atoms with Gasteiger partial charge in [-0.2, -0.15) is 9.97 Å². The lowest BCUT2D eigenvalue weighted by molar-refractivity contribution is 0.669. The first kappa shape index (κ1) is 86.0. The van der Waals surface area contributed by atoms with E-state index in [0.29, 0.717) is 35.1 Å². The number of nitrogens with zero attached hydrogens (tertiary/aromatic N) is 9. The van der Waals surface area contributed by atoms with Gasteiger partial charge in [-0.05, 0) is 250 Å². The van der Waals surface area contributed by atoms with Gasteiger partial charge in [0.15, 0.2) is 29.1 Å². The molecule has 0 saturated carbocycles. The van der Waals surface area contributed by atoms with Crippen LogP contribution in [-0.4, -0.2) is 43.6 Å². The molecule has 0 bridgehead atoms. The van der Waals surface area contributed by atoms with Crippen molar-refractivity contribution in [1.29, 1.82) is 0 Å². The van der Waals surface area contributed by atoms with Gasteiger partial charge in [-0.15, -0.1) is 22.7 Å². The molecule has 0 aliphatic rings. The van der Waals surface area contributed by atoms with Gasteiger partial charge in [0.25, 0.3) is 0 Å². The van der Waals surface area contributed by atoms with E-state index in [2.05, 4.69) is 384 Å². The van der Waals surface area contributed by atoms with Crippen molar-refractivity contribution in [1.82, 2.24) is 43.6 Å². The van der Waals surface area contributed by atoms with Crippen molar-refractivity contribution in [3.05, 3.63) is 504 Å². The molecule has 0 aliphatic heterocycles. The molecule has 10 nitrogen and oxygen atoms in total. The molecule has 32 rings (SSSR count). The number of furan rings is 1. The number of benzene rings is 24. The van der Waals surface area contributed by atoms with Crippen LogP contribution >= 0.6 is 22.7 Å². The fourth-order valence-electron chi connectivity index (χ4n) is 23.1. The molecule has 8 heterocycles. The van der Waals surface area contributed by atoms with E-state index in [-0.39, 0.29) is 0 Å². The van der Waals surface area contributed by atoms with Crippen LogP contribution in [-0.2, 0) is 0 Å². The lowest BCUT2D eigenvalue weighted by atomic mass is 9.92. The largest absolute Gasteiger partial charge is 0.456 e. The number of rotatable bonds is 11. The van der Waals surface area contributed by atoms with E-state index >= 15 is 0 Å². The average Bonchev–Trinajstić information content (AvgIpc) is 1.56. The van der Waals surface area contributed by atoms with Crippen LogP contribution in [0, 0.1) is 0 Å². The highest BCUT2D eigenvalue weighted by atomic mass is 32.1. The predicted molar refractivity (Wildman–Crippen MR) is 631 cm³/mol. The van der Waals surface area contributed by atoms with Gasteiger partial charge in [-0.1, -0.05) is 352 Å². The quantitative estimate of drug-likeness (QED) is 0.119. The Balaban J connectivity index is 0.000000105. The van der Waals surface area contributed by atoms with Crippen molar-refractivity contribution in [3.63, 3.8) is 0 Å². The maximum atomic E-state index is 6.32. The molecule has 24 aromatic carbocycles. The van der Waals surface area contributed by atoms with Crippen molar-refractivity contribution in [2.75, 3.05) is 0 Å². The summed E-state index contributed by atoms with van der Waals surface area (Å²) < 4.78 is 18.6. The first-order valence-electron chi connectivity index (χ1n) is 50.7. The number of thiophene rings is 2. The van der Waals surface area contributed by atoms with Gasteiger partial charge in [-0.25, -0.2) is 19.9 Å². The molecule has 0 amide bonds. The van der Waals surface area contributed by atoms with Gasteiger partial charge in [0.05, 0.1) is 33.1 Å². The third kappa shape index (κ3) is 14.4. The van der Waals surface area contributed by atoms with E-state index in [1.807, 2.05) is 156 Å². The SMILES string of the molecule is c1ccc(-c2nc(-c3ccccc3)nc(-c3cccc(-n4c5ccccc5c5cc(-c6cc7cc8c(cc7c7ccccc67)oc6ccccc68)ccc54)c3)n2)cc1.c1ccc(-c2nc(-c3ccccc3)nc(-n3c4ccccc4c4cc(-c5cc6cc7c(cc6c6ccccc56)sc5ccccc57)ccc43)n2)cc1.c1ccc(-n2c3ccccc3c3cc(-c4cc5cc6c(cc5c5ccccc45)sc4ccccc46)ccc32)cc1. The Bertz CT molecular complexity index is 11000. The van der Waals surface area contributed by atoms with Crippen LogP contribution in [0.3, 0.4) is 0 Å². The Kier molecular flexibility index (Phi) is 20.2.